The van der Waals surface area contributed by atoms with Crippen LogP contribution in [0.4, 0.5) is 0 Å². The summed E-state index contributed by atoms with van der Waals surface area (Å²) in [6.07, 6.45) is 0. The number of rotatable bonds is 4. The number of hydrogen-bond donors (Lipinski definition) is 1. The monoisotopic (exact) mass is 291 g/mol. The standard InChI is InChI=1S/C14H17N3O2S/c1-8(12-9(2)16-17(4)10(12)3)15-14(19)13(18)11-6-5-7-20-11/h5-8H,1-4H3,(H,15,19)/t8-/m1/s1. The van der Waals surface area contributed by atoms with Crippen molar-refractivity contribution in [3.63, 3.8) is 0 Å². The third-order valence-electron chi connectivity index (χ3n) is 3.30. The fourth-order valence-corrected chi connectivity index (χ4v) is 2.93. The number of ketones is 1. The van der Waals surface area contributed by atoms with Crippen LogP contribution in [0.5, 0.6) is 0 Å². The molecule has 0 spiro atoms. The molecule has 20 heavy (non-hydrogen) atoms. The fraction of sp³-hybridized carbons (Fsp3) is 0.357. The second-order valence-electron chi connectivity index (χ2n) is 4.71. The van der Waals surface area contributed by atoms with Gasteiger partial charge < -0.3 is 5.32 Å². The van der Waals surface area contributed by atoms with E-state index in [4.69, 9.17) is 0 Å². The lowest BCUT2D eigenvalue weighted by Gasteiger charge is -2.14. The summed E-state index contributed by atoms with van der Waals surface area (Å²) in [5, 5.41) is 8.84. The first-order valence-electron chi connectivity index (χ1n) is 6.30. The summed E-state index contributed by atoms with van der Waals surface area (Å²) in [5.74, 6) is -1.08. The molecule has 1 atom stereocenters. The van der Waals surface area contributed by atoms with E-state index in [9.17, 15) is 9.59 Å². The molecule has 2 rings (SSSR count). The van der Waals surface area contributed by atoms with Crippen LogP contribution in [0.3, 0.4) is 0 Å². The number of Topliss-reactive ketones (excluding diaryl/α,β-unsaturated/α-hetero) is 1. The Bertz CT molecular complexity index is 644. The Balaban J connectivity index is 2.14. The van der Waals surface area contributed by atoms with Crippen molar-refractivity contribution < 1.29 is 9.59 Å². The van der Waals surface area contributed by atoms with E-state index in [-0.39, 0.29) is 6.04 Å². The van der Waals surface area contributed by atoms with Crippen LogP contribution in [-0.4, -0.2) is 21.5 Å². The number of aromatic nitrogens is 2. The molecule has 5 nitrogen and oxygen atoms in total. The maximum atomic E-state index is 12.0. The average Bonchev–Trinajstić information content (AvgIpc) is 2.98. The Morgan fingerprint density at radius 3 is 2.60 bits per heavy atom. The topological polar surface area (TPSA) is 64.0 Å². The maximum absolute atomic E-state index is 12.0. The Hall–Kier alpha value is -1.95. The number of nitrogens with zero attached hydrogens (tertiary/aromatic N) is 2. The van der Waals surface area contributed by atoms with Crippen molar-refractivity contribution in [2.45, 2.75) is 26.8 Å². The number of nitrogens with one attached hydrogen (secondary N) is 1. The van der Waals surface area contributed by atoms with Gasteiger partial charge in [-0.15, -0.1) is 11.3 Å². The van der Waals surface area contributed by atoms with Crippen molar-refractivity contribution in [1.82, 2.24) is 15.1 Å². The quantitative estimate of drug-likeness (QED) is 0.693. The van der Waals surface area contributed by atoms with Crippen molar-refractivity contribution in [1.29, 1.82) is 0 Å². The largest absolute Gasteiger partial charge is 0.342 e. The molecule has 0 aromatic carbocycles. The number of carbonyl (C=O) groups excluding carboxylic acids is 2. The minimum atomic E-state index is -0.581. The van der Waals surface area contributed by atoms with E-state index < -0.39 is 11.7 Å². The summed E-state index contributed by atoms with van der Waals surface area (Å²) in [6, 6.07) is 3.15. The van der Waals surface area contributed by atoms with Gasteiger partial charge in [0.15, 0.2) is 0 Å². The van der Waals surface area contributed by atoms with Crippen molar-refractivity contribution in [3.8, 4) is 0 Å². The molecule has 0 fully saturated rings. The summed E-state index contributed by atoms with van der Waals surface area (Å²) in [5.41, 5.74) is 2.81. The molecule has 0 aliphatic rings. The molecule has 0 radical (unpaired) electrons. The van der Waals surface area contributed by atoms with Crippen LogP contribution >= 0.6 is 11.3 Å². The predicted octanol–water partition coefficient (Wildman–Crippen LogP) is 2.16. The molecule has 0 aliphatic carbocycles. The molecule has 2 heterocycles. The predicted molar refractivity (Wildman–Crippen MR) is 77.9 cm³/mol. The normalized spacial score (nSPS) is 12.2. The third-order valence-corrected chi connectivity index (χ3v) is 4.17. The van der Waals surface area contributed by atoms with Gasteiger partial charge in [0.1, 0.15) is 0 Å². The molecule has 0 unspecified atom stereocenters. The van der Waals surface area contributed by atoms with Gasteiger partial charge in [0, 0.05) is 18.3 Å². The number of amides is 1. The van der Waals surface area contributed by atoms with Crippen LogP contribution in [0.1, 0.15) is 39.6 Å². The molecule has 6 heteroatoms. The van der Waals surface area contributed by atoms with Gasteiger partial charge in [-0.25, -0.2) is 0 Å². The maximum Gasteiger partial charge on any atom is 0.293 e. The number of carbonyl (C=O) groups is 2. The highest BCUT2D eigenvalue weighted by Crippen LogP contribution is 2.21. The molecule has 2 aromatic heterocycles. The highest BCUT2D eigenvalue weighted by molar-refractivity contribution is 7.13. The lowest BCUT2D eigenvalue weighted by Crippen LogP contribution is -2.33. The van der Waals surface area contributed by atoms with Crippen molar-refractivity contribution in [2.75, 3.05) is 0 Å². The van der Waals surface area contributed by atoms with Gasteiger partial charge >= 0.3 is 0 Å². The van der Waals surface area contributed by atoms with Gasteiger partial charge in [0.05, 0.1) is 16.6 Å². The summed E-state index contributed by atoms with van der Waals surface area (Å²) < 4.78 is 1.77. The molecule has 1 N–H and O–H groups in total. The Morgan fingerprint density at radius 1 is 1.40 bits per heavy atom. The molecule has 0 aliphatic heterocycles. The minimum Gasteiger partial charge on any atom is -0.342 e. The van der Waals surface area contributed by atoms with Crippen LogP contribution in [0.25, 0.3) is 0 Å². The summed E-state index contributed by atoms with van der Waals surface area (Å²) in [4.78, 5) is 24.4. The van der Waals surface area contributed by atoms with Gasteiger partial charge in [-0.1, -0.05) is 6.07 Å². The van der Waals surface area contributed by atoms with E-state index in [1.165, 1.54) is 11.3 Å². The molecule has 2 aromatic rings. The van der Waals surface area contributed by atoms with Gasteiger partial charge in [-0.2, -0.15) is 5.10 Å². The summed E-state index contributed by atoms with van der Waals surface area (Å²) in [6.45, 7) is 5.70. The zero-order valence-corrected chi connectivity index (χ0v) is 12.7. The summed E-state index contributed by atoms with van der Waals surface area (Å²) in [7, 11) is 1.86. The molecule has 0 saturated carbocycles. The number of thiophene rings is 1. The second kappa shape index (κ2) is 5.58. The van der Waals surface area contributed by atoms with Gasteiger partial charge in [0.25, 0.3) is 11.7 Å². The minimum absolute atomic E-state index is 0.250. The molecular weight excluding hydrogens is 274 g/mol. The van der Waals surface area contributed by atoms with Crippen LogP contribution in [0, 0.1) is 13.8 Å². The van der Waals surface area contributed by atoms with E-state index >= 15 is 0 Å². The SMILES string of the molecule is Cc1nn(C)c(C)c1[C@@H](C)NC(=O)C(=O)c1cccs1. The van der Waals surface area contributed by atoms with Crippen LogP contribution in [-0.2, 0) is 11.8 Å². The first kappa shape index (κ1) is 14.5. The van der Waals surface area contributed by atoms with E-state index in [0.717, 1.165) is 17.0 Å². The zero-order chi connectivity index (χ0) is 14.9. The van der Waals surface area contributed by atoms with E-state index in [1.54, 1.807) is 22.2 Å². The van der Waals surface area contributed by atoms with E-state index in [0.29, 0.717) is 4.88 Å². The Kier molecular flexibility index (Phi) is 4.04. The van der Waals surface area contributed by atoms with Gasteiger partial charge in [-0.05, 0) is 32.2 Å². The van der Waals surface area contributed by atoms with Crippen molar-refractivity contribution in [2.24, 2.45) is 7.05 Å². The smallest absolute Gasteiger partial charge is 0.293 e. The lowest BCUT2D eigenvalue weighted by molar-refractivity contribution is -0.117. The van der Waals surface area contributed by atoms with Crippen LogP contribution in [0.2, 0.25) is 0 Å². The van der Waals surface area contributed by atoms with E-state index in [2.05, 4.69) is 10.4 Å². The highest BCUT2D eigenvalue weighted by Gasteiger charge is 2.22. The molecular formula is C14H17N3O2S. The molecule has 106 valence electrons. The van der Waals surface area contributed by atoms with Crippen LogP contribution in [0.15, 0.2) is 17.5 Å². The molecule has 1 amide bonds. The van der Waals surface area contributed by atoms with E-state index in [1.807, 2.05) is 27.8 Å². The third kappa shape index (κ3) is 2.65. The van der Waals surface area contributed by atoms with Gasteiger partial charge in [0.2, 0.25) is 0 Å². The Labute approximate surface area is 121 Å². The number of hydrogen-bond acceptors (Lipinski definition) is 4. The fourth-order valence-electron chi connectivity index (χ4n) is 2.27. The lowest BCUT2D eigenvalue weighted by atomic mass is 10.1. The second-order valence-corrected chi connectivity index (χ2v) is 5.66. The first-order valence-corrected chi connectivity index (χ1v) is 7.18. The molecule has 0 bridgehead atoms. The Morgan fingerprint density at radius 2 is 2.10 bits per heavy atom. The van der Waals surface area contributed by atoms with Crippen LogP contribution < -0.4 is 5.32 Å². The summed E-state index contributed by atoms with van der Waals surface area (Å²) >= 11 is 1.27. The van der Waals surface area contributed by atoms with Crippen molar-refractivity contribution >= 4 is 23.0 Å². The average molecular weight is 291 g/mol. The first-order chi connectivity index (χ1) is 9.41. The van der Waals surface area contributed by atoms with Crippen molar-refractivity contribution in [3.05, 3.63) is 39.3 Å². The molecule has 0 saturated heterocycles. The zero-order valence-electron chi connectivity index (χ0n) is 11.9. The number of aryl methyl sites for hydroxylation is 2. The highest BCUT2D eigenvalue weighted by atomic mass is 32.1. The van der Waals surface area contributed by atoms with Gasteiger partial charge in [-0.3, -0.25) is 14.3 Å².